The van der Waals surface area contributed by atoms with Crippen LogP contribution in [0.4, 0.5) is 5.69 Å². The molecule has 2 heteroatoms. The summed E-state index contributed by atoms with van der Waals surface area (Å²) >= 11 is 0. The fourth-order valence-corrected chi connectivity index (χ4v) is 2.34. The monoisotopic (exact) mass is 188 g/mol. The van der Waals surface area contributed by atoms with Crippen LogP contribution in [-0.2, 0) is 13.0 Å². The van der Waals surface area contributed by atoms with Crippen molar-refractivity contribution in [2.45, 2.75) is 31.8 Å². The van der Waals surface area contributed by atoms with Gasteiger partial charge in [0.2, 0.25) is 0 Å². The van der Waals surface area contributed by atoms with Gasteiger partial charge in [0.1, 0.15) is 0 Å². The summed E-state index contributed by atoms with van der Waals surface area (Å²) in [7, 11) is 0. The molecule has 1 aliphatic carbocycles. The zero-order chi connectivity index (χ0) is 9.54. The Bertz CT molecular complexity index is 355. The molecule has 1 aliphatic heterocycles. The predicted octanol–water partition coefficient (Wildman–Crippen LogP) is 1.67. The maximum Gasteiger partial charge on any atom is 0.0405 e. The first kappa shape index (κ1) is 8.30. The van der Waals surface area contributed by atoms with Crippen molar-refractivity contribution in [1.29, 1.82) is 0 Å². The van der Waals surface area contributed by atoms with E-state index in [1.807, 2.05) is 0 Å². The molecule has 0 saturated heterocycles. The SMILES string of the molecule is NCc1ccc2c(c1)N(C1CC1)CC2. The number of fused-ring (bicyclic) bond motifs is 1. The molecule has 0 atom stereocenters. The van der Waals surface area contributed by atoms with Gasteiger partial charge >= 0.3 is 0 Å². The highest BCUT2D eigenvalue weighted by Crippen LogP contribution is 2.38. The van der Waals surface area contributed by atoms with Gasteiger partial charge in [-0.2, -0.15) is 0 Å². The zero-order valence-corrected chi connectivity index (χ0v) is 8.37. The Kier molecular flexibility index (Phi) is 1.77. The minimum atomic E-state index is 0.659. The molecule has 0 aromatic heterocycles. The van der Waals surface area contributed by atoms with Gasteiger partial charge in [-0.05, 0) is 36.5 Å². The van der Waals surface area contributed by atoms with Crippen molar-refractivity contribution < 1.29 is 0 Å². The third-order valence-electron chi connectivity index (χ3n) is 3.30. The summed E-state index contributed by atoms with van der Waals surface area (Å²) in [5.41, 5.74) is 9.89. The van der Waals surface area contributed by atoms with Crippen molar-refractivity contribution in [2.75, 3.05) is 11.4 Å². The van der Waals surface area contributed by atoms with E-state index in [2.05, 4.69) is 23.1 Å². The molecule has 3 rings (SSSR count). The highest BCUT2D eigenvalue weighted by Gasteiger charge is 2.33. The number of nitrogens with two attached hydrogens (primary N) is 1. The van der Waals surface area contributed by atoms with Crippen molar-refractivity contribution in [3.05, 3.63) is 29.3 Å². The average Bonchev–Trinajstić information content (AvgIpc) is 2.98. The Labute approximate surface area is 84.7 Å². The van der Waals surface area contributed by atoms with E-state index in [0.717, 1.165) is 6.04 Å². The zero-order valence-electron chi connectivity index (χ0n) is 8.37. The van der Waals surface area contributed by atoms with Crippen LogP contribution in [0, 0.1) is 0 Å². The van der Waals surface area contributed by atoms with Crippen molar-refractivity contribution in [3.63, 3.8) is 0 Å². The number of hydrogen-bond acceptors (Lipinski definition) is 2. The largest absolute Gasteiger partial charge is 0.368 e. The highest BCUT2D eigenvalue weighted by molar-refractivity contribution is 5.61. The molecule has 1 fully saturated rings. The topological polar surface area (TPSA) is 29.3 Å². The van der Waals surface area contributed by atoms with E-state index in [0.29, 0.717) is 6.54 Å². The van der Waals surface area contributed by atoms with Crippen molar-refractivity contribution in [3.8, 4) is 0 Å². The standard InChI is InChI=1S/C12H16N2/c13-8-9-1-2-10-5-6-14(11-3-4-11)12(10)7-9/h1-2,7,11H,3-6,8,13H2. The van der Waals surface area contributed by atoms with Gasteiger partial charge in [-0.15, -0.1) is 0 Å². The molecule has 1 saturated carbocycles. The van der Waals surface area contributed by atoms with Crippen molar-refractivity contribution >= 4 is 5.69 Å². The molecule has 0 amide bonds. The second-order valence-corrected chi connectivity index (χ2v) is 4.34. The van der Waals surface area contributed by atoms with Crippen LogP contribution in [0.25, 0.3) is 0 Å². The average molecular weight is 188 g/mol. The molecule has 2 aliphatic rings. The second kappa shape index (κ2) is 2.99. The quantitative estimate of drug-likeness (QED) is 0.765. The van der Waals surface area contributed by atoms with E-state index in [4.69, 9.17) is 5.73 Å². The van der Waals surface area contributed by atoms with Crippen LogP contribution in [-0.4, -0.2) is 12.6 Å². The van der Waals surface area contributed by atoms with E-state index in [1.54, 1.807) is 0 Å². The van der Waals surface area contributed by atoms with Crippen molar-refractivity contribution in [1.82, 2.24) is 0 Å². The molecule has 0 unspecified atom stereocenters. The van der Waals surface area contributed by atoms with Crippen LogP contribution in [0.3, 0.4) is 0 Å². The first-order chi connectivity index (χ1) is 6.88. The highest BCUT2D eigenvalue weighted by atomic mass is 15.2. The van der Waals surface area contributed by atoms with Gasteiger partial charge in [0, 0.05) is 24.8 Å². The fraction of sp³-hybridized carbons (Fsp3) is 0.500. The molecule has 0 spiro atoms. The summed E-state index contributed by atoms with van der Waals surface area (Å²) in [5, 5.41) is 0. The summed E-state index contributed by atoms with van der Waals surface area (Å²) < 4.78 is 0. The summed E-state index contributed by atoms with van der Waals surface area (Å²) in [6.45, 7) is 1.87. The van der Waals surface area contributed by atoms with Crippen LogP contribution in [0.15, 0.2) is 18.2 Å². The summed E-state index contributed by atoms with van der Waals surface area (Å²) in [4.78, 5) is 2.56. The molecule has 0 radical (unpaired) electrons. The van der Waals surface area contributed by atoms with Gasteiger partial charge in [0.05, 0.1) is 0 Å². The second-order valence-electron chi connectivity index (χ2n) is 4.34. The maximum absolute atomic E-state index is 5.66. The molecule has 1 aromatic rings. The summed E-state index contributed by atoms with van der Waals surface area (Å²) in [6, 6.07) is 7.53. The Balaban J connectivity index is 1.98. The molecule has 1 aromatic carbocycles. The number of anilines is 1. The van der Waals surface area contributed by atoms with Gasteiger partial charge in [-0.25, -0.2) is 0 Å². The van der Waals surface area contributed by atoms with Gasteiger partial charge in [0.25, 0.3) is 0 Å². The third-order valence-corrected chi connectivity index (χ3v) is 3.30. The van der Waals surface area contributed by atoms with Gasteiger partial charge in [0.15, 0.2) is 0 Å². The van der Waals surface area contributed by atoms with Crippen LogP contribution < -0.4 is 10.6 Å². The van der Waals surface area contributed by atoms with Crippen LogP contribution in [0.5, 0.6) is 0 Å². The lowest BCUT2D eigenvalue weighted by Crippen LogP contribution is -2.22. The van der Waals surface area contributed by atoms with Gasteiger partial charge in [-0.3, -0.25) is 0 Å². The Hall–Kier alpha value is -1.02. The summed E-state index contributed by atoms with van der Waals surface area (Å²) in [5.74, 6) is 0. The smallest absolute Gasteiger partial charge is 0.0405 e. The molecule has 2 N–H and O–H groups in total. The van der Waals surface area contributed by atoms with E-state index >= 15 is 0 Å². The van der Waals surface area contributed by atoms with E-state index in [-0.39, 0.29) is 0 Å². The molecule has 1 heterocycles. The Morgan fingerprint density at radius 1 is 1.36 bits per heavy atom. The number of rotatable bonds is 2. The molecule has 14 heavy (non-hydrogen) atoms. The first-order valence-corrected chi connectivity index (χ1v) is 5.47. The van der Waals surface area contributed by atoms with E-state index in [1.165, 1.54) is 42.6 Å². The van der Waals surface area contributed by atoms with E-state index in [9.17, 15) is 0 Å². The van der Waals surface area contributed by atoms with Crippen LogP contribution >= 0.6 is 0 Å². The molecular weight excluding hydrogens is 172 g/mol. The third kappa shape index (κ3) is 1.22. The number of benzene rings is 1. The lowest BCUT2D eigenvalue weighted by atomic mass is 10.1. The van der Waals surface area contributed by atoms with E-state index < -0.39 is 0 Å². The minimum absolute atomic E-state index is 0.659. The fourth-order valence-electron chi connectivity index (χ4n) is 2.34. The van der Waals surface area contributed by atoms with Gasteiger partial charge < -0.3 is 10.6 Å². The Morgan fingerprint density at radius 2 is 2.21 bits per heavy atom. The normalized spacial score (nSPS) is 19.9. The van der Waals surface area contributed by atoms with Crippen molar-refractivity contribution in [2.24, 2.45) is 5.73 Å². The van der Waals surface area contributed by atoms with Crippen LogP contribution in [0.2, 0.25) is 0 Å². The number of hydrogen-bond donors (Lipinski definition) is 1. The summed E-state index contributed by atoms with van der Waals surface area (Å²) in [6.07, 6.45) is 3.98. The molecule has 2 nitrogen and oxygen atoms in total. The molecule has 0 bridgehead atoms. The molecule has 74 valence electrons. The number of nitrogens with zero attached hydrogens (tertiary/aromatic N) is 1. The first-order valence-electron chi connectivity index (χ1n) is 5.47. The van der Waals surface area contributed by atoms with Crippen LogP contribution in [0.1, 0.15) is 24.0 Å². The lowest BCUT2D eigenvalue weighted by Gasteiger charge is -2.18. The minimum Gasteiger partial charge on any atom is -0.368 e. The maximum atomic E-state index is 5.66. The Morgan fingerprint density at radius 3 is 2.93 bits per heavy atom. The lowest BCUT2D eigenvalue weighted by molar-refractivity contribution is 0.830. The molecular formula is C12H16N2. The predicted molar refractivity (Wildman–Crippen MR) is 58.4 cm³/mol. The van der Waals surface area contributed by atoms with Gasteiger partial charge in [-0.1, -0.05) is 12.1 Å².